The van der Waals surface area contributed by atoms with Gasteiger partial charge in [0.15, 0.2) is 0 Å². The Kier molecular flexibility index (Phi) is 8.56. The minimum Gasteiger partial charge on any atom is -0.309 e. The molecule has 3 heteroatoms. The van der Waals surface area contributed by atoms with Crippen molar-refractivity contribution in [1.82, 2.24) is 15.5 Å². The van der Waals surface area contributed by atoms with E-state index in [-0.39, 0.29) is 0 Å². The molecule has 0 aromatic carbocycles. The number of likely N-dealkylation sites (N-methyl/N-ethyl adjacent to an activating group) is 1. The van der Waals surface area contributed by atoms with Crippen LogP contribution < -0.4 is 10.6 Å². The van der Waals surface area contributed by atoms with Crippen LogP contribution in [0.3, 0.4) is 0 Å². The van der Waals surface area contributed by atoms with E-state index >= 15 is 0 Å². The van der Waals surface area contributed by atoms with Crippen LogP contribution >= 0.6 is 0 Å². The first kappa shape index (κ1) is 23.1. The number of nitrogens with zero attached hydrogens (tertiary/aromatic N) is 1. The van der Waals surface area contributed by atoms with Crippen molar-refractivity contribution in [3.63, 3.8) is 0 Å². The van der Waals surface area contributed by atoms with Crippen LogP contribution in [0.4, 0.5) is 0 Å². The molecule has 4 rings (SSSR count). The molecule has 4 saturated carbocycles. The van der Waals surface area contributed by atoms with Gasteiger partial charge in [-0.25, -0.2) is 0 Å². The highest BCUT2D eigenvalue weighted by Gasteiger charge is 2.38. The summed E-state index contributed by atoms with van der Waals surface area (Å²) in [5, 5.41) is 8.44. The van der Waals surface area contributed by atoms with Gasteiger partial charge in [0.2, 0.25) is 0 Å². The lowest BCUT2D eigenvalue weighted by atomic mass is 9.80. The second-order valence-electron chi connectivity index (χ2n) is 11.7. The van der Waals surface area contributed by atoms with Crippen LogP contribution in [-0.4, -0.2) is 48.2 Å². The summed E-state index contributed by atoms with van der Waals surface area (Å²) in [6, 6.07) is 4.44. The number of rotatable bonds is 6. The van der Waals surface area contributed by atoms with Crippen molar-refractivity contribution in [2.75, 3.05) is 7.05 Å². The molecule has 8 unspecified atom stereocenters. The topological polar surface area (TPSA) is 27.3 Å². The molecular formula is C27H51N3. The highest BCUT2D eigenvalue weighted by molar-refractivity contribution is 4.97. The van der Waals surface area contributed by atoms with Crippen LogP contribution in [0.25, 0.3) is 0 Å². The molecule has 0 spiro atoms. The molecule has 0 heterocycles. The van der Waals surface area contributed by atoms with Gasteiger partial charge < -0.3 is 10.6 Å². The number of nitrogens with one attached hydrogen (secondary N) is 2. The summed E-state index contributed by atoms with van der Waals surface area (Å²) in [5.41, 5.74) is 0. The largest absolute Gasteiger partial charge is 0.309 e. The predicted molar refractivity (Wildman–Crippen MR) is 129 cm³/mol. The van der Waals surface area contributed by atoms with Crippen molar-refractivity contribution in [1.29, 1.82) is 0 Å². The van der Waals surface area contributed by atoms with E-state index in [4.69, 9.17) is 0 Å². The maximum absolute atomic E-state index is 4.22. The van der Waals surface area contributed by atoms with Crippen molar-refractivity contribution < 1.29 is 0 Å². The number of hydrogen-bond acceptors (Lipinski definition) is 3. The molecule has 4 aliphatic rings. The Hall–Kier alpha value is -0.120. The van der Waals surface area contributed by atoms with Crippen LogP contribution in [0, 0.1) is 11.8 Å². The average Bonchev–Trinajstić information content (AvgIpc) is 2.77. The summed E-state index contributed by atoms with van der Waals surface area (Å²) in [6.45, 7) is 4.98. The molecule has 0 radical (unpaired) electrons. The van der Waals surface area contributed by atoms with Gasteiger partial charge in [-0.3, -0.25) is 4.90 Å². The standard InChI is InChI=1S/C27H51N3/c1-20-12-4-6-14-22(20)28-24-16-8-10-18-26(24)30(3)27-19-11-9-17-25(27)29-23-15-7-5-13-21(23)2/h20-29H,4-19H2,1-3H3. The minimum absolute atomic E-state index is 0.713. The third-order valence-corrected chi connectivity index (χ3v) is 9.58. The van der Waals surface area contributed by atoms with E-state index in [1.807, 2.05) is 0 Å². The molecule has 0 aliphatic heterocycles. The smallest absolute Gasteiger partial charge is 0.0249 e. The monoisotopic (exact) mass is 417 g/mol. The van der Waals surface area contributed by atoms with Crippen LogP contribution in [0.2, 0.25) is 0 Å². The van der Waals surface area contributed by atoms with Gasteiger partial charge >= 0.3 is 0 Å². The van der Waals surface area contributed by atoms with Crippen LogP contribution in [0.1, 0.15) is 117 Å². The first-order chi connectivity index (χ1) is 14.6. The predicted octanol–water partition coefficient (Wildman–Crippen LogP) is 5.88. The molecule has 3 nitrogen and oxygen atoms in total. The molecule has 4 fully saturated rings. The fraction of sp³-hybridized carbons (Fsp3) is 1.00. The molecule has 30 heavy (non-hydrogen) atoms. The summed E-state index contributed by atoms with van der Waals surface area (Å²) in [6.07, 6.45) is 22.7. The Morgan fingerprint density at radius 2 is 0.800 bits per heavy atom. The summed E-state index contributed by atoms with van der Waals surface area (Å²) in [5.74, 6) is 1.73. The molecule has 0 aromatic rings. The lowest BCUT2D eigenvalue weighted by Crippen LogP contribution is -2.62. The Morgan fingerprint density at radius 3 is 1.20 bits per heavy atom. The highest BCUT2D eigenvalue weighted by atomic mass is 15.2. The average molecular weight is 418 g/mol. The molecule has 0 amide bonds. The fourth-order valence-corrected chi connectivity index (χ4v) is 7.51. The summed E-state index contributed by atoms with van der Waals surface area (Å²) in [7, 11) is 2.49. The van der Waals surface area contributed by atoms with E-state index in [9.17, 15) is 0 Å². The van der Waals surface area contributed by atoms with Gasteiger partial charge in [-0.1, -0.05) is 65.2 Å². The van der Waals surface area contributed by atoms with Crippen molar-refractivity contribution in [2.24, 2.45) is 11.8 Å². The minimum atomic E-state index is 0.713. The normalized spacial score (nSPS) is 43.6. The van der Waals surface area contributed by atoms with E-state index in [0.29, 0.717) is 12.1 Å². The van der Waals surface area contributed by atoms with Crippen LogP contribution in [0.5, 0.6) is 0 Å². The van der Waals surface area contributed by atoms with Gasteiger partial charge in [-0.05, 0) is 70.3 Å². The molecule has 0 saturated heterocycles. The van der Waals surface area contributed by atoms with Crippen molar-refractivity contribution >= 4 is 0 Å². The zero-order valence-corrected chi connectivity index (χ0v) is 20.4. The van der Waals surface area contributed by atoms with E-state index < -0.39 is 0 Å². The quantitative estimate of drug-likeness (QED) is 0.565. The second-order valence-corrected chi connectivity index (χ2v) is 11.7. The van der Waals surface area contributed by atoms with E-state index in [1.165, 1.54) is 103 Å². The van der Waals surface area contributed by atoms with Gasteiger partial charge in [0.05, 0.1) is 0 Å². The van der Waals surface area contributed by atoms with Gasteiger partial charge in [0.1, 0.15) is 0 Å². The number of hydrogen-bond donors (Lipinski definition) is 2. The maximum Gasteiger partial charge on any atom is 0.0249 e. The highest BCUT2D eigenvalue weighted by Crippen LogP contribution is 2.33. The fourth-order valence-electron chi connectivity index (χ4n) is 7.51. The summed E-state index contributed by atoms with van der Waals surface area (Å²) < 4.78 is 0. The molecule has 174 valence electrons. The van der Waals surface area contributed by atoms with Gasteiger partial charge in [-0.2, -0.15) is 0 Å². The van der Waals surface area contributed by atoms with Gasteiger partial charge in [-0.15, -0.1) is 0 Å². The summed E-state index contributed by atoms with van der Waals surface area (Å²) >= 11 is 0. The Labute approximate surface area is 187 Å². The third-order valence-electron chi connectivity index (χ3n) is 9.58. The second kappa shape index (κ2) is 11.1. The zero-order chi connectivity index (χ0) is 20.9. The molecule has 2 N–H and O–H groups in total. The van der Waals surface area contributed by atoms with Crippen molar-refractivity contribution in [3.8, 4) is 0 Å². The van der Waals surface area contributed by atoms with Crippen molar-refractivity contribution in [3.05, 3.63) is 0 Å². The van der Waals surface area contributed by atoms with E-state index in [2.05, 4.69) is 36.4 Å². The maximum atomic E-state index is 4.22. The molecule has 0 aromatic heterocycles. The lowest BCUT2D eigenvalue weighted by Gasteiger charge is -2.49. The van der Waals surface area contributed by atoms with Crippen molar-refractivity contribution in [2.45, 2.75) is 153 Å². The Balaban J connectivity index is 1.40. The van der Waals surface area contributed by atoms with Crippen LogP contribution in [0.15, 0.2) is 0 Å². The lowest BCUT2D eigenvalue weighted by molar-refractivity contribution is 0.0509. The first-order valence-corrected chi connectivity index (χ1v) is 13.9. The Bertz CT molecular complexity index is 464. The summed E-state index contributed by atoms with van der Waals surface area (Å²) in [4.78, 5) is 2.87. The van der Waals surface area contributed by atoms with Gasteiger partial charge in [0.25, 0.3) is 0 Å². The third kappa shape index (κ3) is 5.62. The van der Waals surface area contributed by atoms with Gasteiger partial charge in [0, 0.05) is 36.3 Å². The molecule has 8 atom stereocenters. The van der Waals surface area contributed by atoms with Crippen LogP contribution in [-0.2, 0) is 0 Å². The first-order valence-electron chi connectivity index (χ1n) is 13.9. The zero-order valence-electron chi connectivity index (χ0n) is 20.4. The molecule has 0 bridgehead atoms. The van der Waals surface area contributed by atoms with E-state index in [0.717, 1.165) is 36.0 Å². The molecule has 4 aliphatic carbocycles. The Morgan fingerprint density at radius 1 is 0.467 bits per heavy atom. The SMILES string of the molecule is CC1CCCCC1NC1CCCCC1N(C)C1CCCCC1NC1CCCCC1C. The molecular weight excluding hydrogens is 366 g/mol. The van der Waals surface area contributed by atoms with E-state index in [1.54, 1.807) is 0 Å².